The van der Waals surface area contributed by atoms with Gasteiger partial charge in [-0.1, -0.05) is 6.92 Å². The maximum atomic E-state index is 12.4. The third-order valence-corrected chi connectivity index (χ3v) is 3.57. The molecule has 102 valence electrons. The lowest BCUT2D eigenvalue weighted by Gasteiger charge is -2.02. The molecule has 4 nitrogen and oxygen atoms in total. The van der Waals surface area contributed by atoms with E-state index in [1.165, 1.54) is 0 Å². The number of carbonyl (C=O) groups excluding carboxylic acids is 1. The highest BCUT2D eigenvalue weighted by Crippen LogP contribution is 2.22. The van der Waals surface area contributed by atoms with Crippen molar-refractivity contribution in [2.24, 2.45) is 7.05 Å². The second-order valence-corrected chi connectivity index (χ2v) is 4.92. The van der Waals surface area contributed by atoms with Crippen molar-refractivity contribution in [1.29, 1.82) is 0 Å². The Hall–Kier alpha value is -1.84. The van der Waals surface area contributed by atoms with Crippen LogP contribution in [-0.2, 0) is 19.9 Å². The molecule has 0 amide bonds. The number of carbonyl (C=O) groups is 1. The highest BCUT2D eigenvalue weighted by molar-refractivity contribution is 5.99. The number of Topliss-reactive ketones (excluding diaryl/α,β-unsaturated/α-hetero) is 1. The second kappa shape index (κ2) is 5.03. The van der Waals surface area contributed by atoms with Crippen LogP contribution in [0, 0.1) is 20.8 Å². The largest absolute Gasteiger partial charge is 0.466 e. The van der Waals surface area contributed by atoms with E-state index in [0.717, 1.165) is 34.7 Å². The zero-order valence-electron chi connectivity index (χ0n) is 12.2. The normalized spacial score (nSPS) is 11.0. The van der Waals surface area contributed by atoms with Crippen LogP contribution in [0.5, 0.6) is 0 Å². The van der Waals surface area contributed by atoms with Crippen molar-refractivity contribution in [1.82, 2.24) is 9.78 Å². The summed E-state index contributed by atoms with van der Waals surface area (Å²) in [6.07, 6.45) is 1.25. The molecule has 4 heteroatoms. The molecule has 19 heavy (non-hydrogen) atoms. The Morgan fingerprint density at radius 3 is 2.47 bits per heavy atom. The lowest BCUT2D eigenvalue weighted by Crippen LogP contribution is -2.09. The first kappa shape index (κ1) is 13.6. The predicted molar refractivity (Wildman–Crippen MR) is 73.5 cm³/mol. The summed E-state index contributed by atoms with van der Waals surface area (Å²) in [5.41, 5.74) is 3.62. The van der Waals surface area contributed by atoms with Crippen LogP contribution in [0.2, 0.25) is 0 Å². The smallest absolute Gasteiger partial charge is 0.172 e. The van der Waals surface area contributed by atoms with E-state index in [-0.39, 0.29) is 5.78 Å². The molecule has 2 aromatic rings. The van der Waals surface area contributed by atoms with Crippen molar-refractivity contribution in [3.05, 3.63) is 40.1 Å². The van der Waals surface area contributed by atoms with E-state index in [4.69, 9.17) is 4.42 Å². The van der Waals surface area contributed by atoms with Crippen molar-refractivity contribution in [3.8, 4) is 0 Å². The van der Waals surface area contributed by atoms with E-state index >= 15 is 0 Å². The van der Waals surface area contributed by atoms with Crippen LogP contribution < -0.4 is 0 Å². The molecule has 0 N–H and O–H groups in total. The van der Waals surface area contributed by atoms with E-state index in [2.05, 4.69) is 12.0 Å². The van der Waals surface area contributed by atoms with Crippen LogP contribution in [0.3, 0.4) is 0 Å². The lowest BCUT2D eigenvalue weighted by atomic mass is 10.0. The molecule has 0 atom stereocenters. The first-order valence-electron chi connectivity index (χ1n) is 6.55. The number of aromatic nitrogens is 2. The number of hydrogen-bond acceptors (Lipinski definition) is 3. The van der Waals surface area contributed by atoms with Gasteiger partial charge < -0.3 is 4.42 Å². The van der Waals surface area contributed by atoms with E-state index in [9.17, 15) is 4.79 Å². The highest BCUT2D eigenvalue weighted by Gasteiger charge is 2.20. The van der Waals surface area contributed by atoms with Gasteiger partial charge in [0, 0.05) is 18.3 Å². The third-order valence-electron chi connectivity index (χ3n) is 3.57. The fraction of sp³-hybridized carbons (Fsp3) is 0.467. The summed E-state index contributed by atoms with van der Waals surface area (Å²) in [4.78, 5) is 12.4. The molecular formula is C15H20N2O2. The minimum Gasteiger partial charge on any atom is -0.466 e. The quantitative estimate of drug-likeness (QED) is 0.794. The molecule has 0 saturated heterocycles. The number of rotatable bonds is 4. The van der Waals surface area contributed by atoms with Crippen LogP contribution in [0.15, 0.2) is 10.5 Å². The average molecular weight is 260 g/mol. The second-order valence-electron chi connectivity index (χ2n) is 4.92. The summed E-state index contributed by atoms with van der Waals surface area (Å²) in [7, 11) is 1.88. The van der Waals surface area contributed by atoms with Gasteiger partial charge >= 0.3 is 0 Å². The van der Waals surface area contributed by atoms with Gasteiger partial charge in [0.2, 0.25) is 0 Å². The average Bonchev–Trinajstić information content (AvgIpc) is 2.81. The van der Waals surface area contributed by atoms with Crippen LogP contribution >= 0.6 is 0 Å². The molecule has 2 aromatic heterocycles. The molecule has 0 aromatic carbocycles. The fourth-order valence-electron chi connectivity index (χ4n) is 2.37. The summed E-state index contributed by atoms with van der Waals surface area (Å²) in [6, 6.07) is 2.00. The van der Waals surface area contributed by atoms with Gasteiger partial charge in [-0.25, -0.2) is 0 Å². The fourth-order valence-corrected chi connectivity index (χ4v) is 2.37. The molecule has 0 radical (unpaired) electrons. The zero-order chi connectivity index (χ0) is 14.2. The van der Waals surface area contributed by atoms with E-state index in [0.29, 0.717) is 12.2 Å². The Morgan fingerprint density at radius 2 is 2.00 bits per heavy atom. The van der Waals surface area contributed by atoms with Crippen LogP contribution in [-0.4, -0.2) is 15.6 Å². The van der Waals surface area contributed by atoms with E-state index in [1.807, 2.05) is 33.9 Å². The Bertz CT molecular complexity index is 620. The van der Waals surface area contributed by atoms with Gasteiger partial charge in [-0.3, -0.25) is 9.48 Å². The molecule has 0 bridgehead atoms. The van der Waals surface area contributed by atoms with Crippen molar-refractivity contribution in [2.75, 3.05) is 0 Å². The molecule has 0 spiro atoms. The van der Waals surface area contributed by atoms with Gasteiger partial charge in [-0.15, -0.1) is 0 Å². The highest BCUT2D eigenvalue weighted by atomic mass is 16.3. The summed E-state index contributed by atoms with van der Waals surface area (Å²) in [5.74, 6) is 1.62. The molecule has 2 heterocycles. The van der Waals surface area contributed by atoms with Gasteiger partial charge in [0.05, 0.1) is 17.7 Å². The minimum atomic E-state index is 0.0949. The monoisotopic (exact) mass is 260 g/mol. The van der Waals surface area contributed by atoms with Crippen molar-refractivity contribution >= 4 is 5.78 Å². The first-order chi connectivity index (χ1) is 8.93. The number of ketones is 1. The molecule has 0 unspecified atom stereocenters. The molecule has 0 saturated carbocycles. The number of aryl methyl sites for hydroxylation is 4. The van der Waals surface area contributed by atoms with Crippen molar-refractivity contribution < 1.29 is 9.21 Å². The van der Waals surface area contributed by atoms with Gasteiger partial charge in [-0.2, -0.15) is 5.10 Å². The molecule has 0 fully saturated rings. The number of nitrogens with zero attached hydrogens (tertiary/aromatic N) is 2. The van der Waals surface area contributed by atoms with Crippen LogP contribution in [0.4, 0.5) is 0 Å². The maximum Gasteiger partial charge on any atom is 0.172 e. The Balaban J connectivity index is 2.28. The molecule has 0 aliphatic heterocycles. The predicted octanol–water partition coefficient (Wildman–Crippen LogP) is 2.93. The Labute approximate surface area is 113 Å². The maximum absolute atomic E-state index is 12.4. The third kappa shape index (κ3) is 2.48. The Morgan fingerprint density at radius 1 is 1.32 bits per heavy atom. The number of hydrogen-bond donors (Lipinski definition) is 0. The van der Waals surface area contributed by atoms with Crippen LogP contribution in [0.1, 0.15) is 45.8 Å². The van der Waals surface area contributed by atoms with Gasteiger partial charge in [0.1, 0.15) is 11.5 Å². The zero-order valence-corrected chi connectivity index (χ0v) is 12.2. The molecule has 2 rings (SSSR count). The summed E-state index contributed by atoms with van der Waals surface area (Å²) >= 11 is 0. The lowest BCUT2D eigenvalue weighted by molar-refractivity contribution is 0.0989. The Kier molecular flexibility index (Phi) is 3.60. The standard InChI is InChI=1S/C15H20N2O2/c1-6-12-7-13(17(5)16-12)8-14(18)15-9(2)10(3)19-11(15)4/h7H,6,8H2,1-5H3. The van der Waals surface area contributed by atoms with Crippen molar-refractivity contribution in [3.63, 3.8) is 0 Å². The minimum absolute atomic E-state index is 0.0949. The van der Waals surface area contributed by atoms with Gasteiger partial charge in [-0.05, 0) is 33.3 Å². The molecular weight excluding hydrogens is 240 g/mol. The summed E-state index contributed by atoms with van der Waals surface area (Å²) < 4.78 is 7.30. The summed E-state index contributed by atoms with van der Waals surface area (Å²) in [6.45, 7) is 7.72. The van der Waals surface area contributed by atoms with Gasteiger partial charge in [0.15, 0.2) is 5.78 Å². The number of furan rings is 1. The molecule has 0 aliphatic rings. The van der Waals surface area contributed by atoms with Crippen molar-refractivity contribution in [2.45, 2.75) is 40.5 Å². The SMILES string of the molecule is CCc1cc(CC(=O)c2c(C)oc(C)c2C)n(C)n1. The van der Waals surface area contributed by atoms with E-state index < -0.39 is 0 Å². The van der Waals surface area contributed by atoms with Gasteiger partial charge in [0.25, 0.3) is 0 Å². The van der Waals surface area contributed by atoms with E-state index in [1.54, 1.807) is 4.68 Å². The first-order valence-corrected chi connectivity index (χ1v) is 6.55. The van der Waals surface area contributed by atoms with Crippen LogP contribution in [0.25, 0.3) is 0 Å². The topological polar surface area (TPSA) is 48.0 Å². The summed E-state index contributed by atoms with van der Waals surface area (Å²) in [5, 5.41) is 4.37. The molecule has 0 aliphatic carbocycles.